The Morgan fingerprint density at radius 2 is 2.09 bits per heavy atom. The van der Waals surface area contributed by atoms with Crippen LogP contribution in [0.3, 0.4) is 0 Å². The predicted molar refractivity (Wildman–Crippen MR) is 84.7 cm³/mol. The molecular weight excluding hydrogens is 279 g/mol. The van der Waals surface area contributed by atoms with Crippen LogP contribution in [0.5, 0.6) is 0 Å². The first-order valence-electron chi connectivity index (χ1n) is 8.44. The predicted octanol–water partition coefficient (Wildman–Crippen LogP) is 2.73. The van der Waals surface area contributed by atoms with E-state index in [9.17, 15) is 9.18 Å². The fraction of sp³-hybridized carbons (Fsp3) is 0.611. The first-order valence-corrected chi connectivity index (χ1v) is 8.44. The second kappa shape index (κ2) is 6.78. The van der Waals surface area contributed by atoms with Crippen molar-refractivity contribution in [3.05, 3.63) is 35.6 Å². The monoisotopic (exact) mass is 304 g/mol. The minimum absolute atomic E-state index is 0.109. The summed E-state index contributed by atoms with van der Waals surface area (Å²) in [5.41, 5.74) is 6.78. The number of nitrogens with two attached hydrogens (primary N) is 1. The number of hydrogen-bond acceptors (Lipinski definition) is 2. The lowest BCUT2D eigenvalue weighted by atomic mass is 9.94. The largest absolute Gasteiger partial charge is 0.339 e. The van der Waals surface area contributed by atoms with E-state index in [2.05, 4.69) is 0 Å². The third-order valence-corrected chi connectivity index (χ3v) is 5.08. The number of carbonyl (C=O) groups excluding carboxylic acids is 1. The summed E-state index contributed by atoms with van der Waals surface area (Å²) in [7, 11) is 0. The quantitative estimate of drug-likeness (QED) is 0.878. The molecular formula is C18H25FN2O. The van der Waals surface area contributed by atoms with Gasteiger partial charge in [0, 0.05) is 18.5 Å². The van der Waals surface area contributed by atoms with E-state index < -0.39 is 0 Å². The zero-order valence-electron chi connectivity index (χ0n) is 13.0. The molecule has 0 aromatic heterocycles. The van der Waals surface area contributed by atoms with Gasteiger partial charge in [-0.3, -0.25) is 4.79 Å². The van der Waals surface area contributed by atoms with Gasteiger partial charge in [-0.2, -0.15) is 0 Å². The molecule has 0 bridgehead atoms. The molecule has 0 heterocycles. The van der Waals surface area contributed by atoms with E-state index >= 15 is 0 Å². The van der Waals surface area contributed by atoms with E-state index in [0.29, 0.717) is 25.0 Å². The number of halogens is 1. The molecule has 0 unspecified atom stereocenters. The number of benzene rings is 1. The summed E-state index contributed by atoms with van der Waals surface area (Å²) < 4.78 is 13.3. The lowest BCUT2D eigenvalue weighted by Gasteiger charge is -2.28. The zero-order chi connectivity index (χ0) is 15.5. The van der Waals surface area contributed by atoms with Crippen LogP contribution in [-0.4, -0.2) is 29.9 Å². The lowest BCUT2D eigenvalue weighted by Crippen LogP contribution is -2.41. The summed E-state index contributed by atoms with van der Waals surface area (Å²) in [6.07, 6.45) is 6.10. The van der Waals surface area contributed by atoms with Crippen molar-refractivity contribution in [3.63, 3.8) is 0 Å². The highest BCUT2D eigenvalue weighted by Gasteiger charge is 2.39. The Kier molecular flexibility index (Phi) is 4.77. The molecule has 1 aromatic carbocycles. The normalized spacial score (nSPS) is 24.5. The van der Waals surface area contributed by atoms with Crippen molar-refractivity contribution in [2.75, 3.05) is 13.1 Å². The van der Waals surface area contributed by atoms with Crippen LogP contribution in [-0.2, 0) is 11.2 Å². The van der Waals surface area contributed by atoms with Crippen LogP contribution in [0.15, 0.2) is 24.3 Å². The highest BCUT2D eigenvalue weighted by Crippen LogP contribution is 2.36. The molecule has 4 heteroatoms. The average Bonchev–Trinajstić information content (AvgIpc) is 3.23. The molecule has 0 radical (unpaired) electrons. The molecule has 0 aliphatic heterocycles. The number of amides is 1. The smallest absolute Gasteiger partial charge is 0.226 e. The van der Waals surface area contributed by atoms with Gasteiger partial charge in [-0.05, 0) is 62.3 Å². The second-order valence-electron chi connectivity index (χ2n) is 6.68. The van der Waals surface area contributed by atoms with Crippen LogP contribution in [0.2, 0.25) is 0 Å². The summed E-state index contributed by atoms with van der Waals surface area (Å²) in [6.45, 7) is 1.31. The van der Waals surface area contributed by atoms with Gasteiger partial charge in [-0.25, -0.2) is 4.39 Å². The molecule has 0 spiro atoms. The molecule has 3 rings (SSSR count). The van der Waals surface area contributed by atoms with Gasteiger partial charge in [0.2, 0.25) is 5.91 Å². The van der Waals surface area contributed by atoms with Crippen LogP contribution in [0, 0.1) is 17.7 Å². The van der Waals surface area contributed by atoms with Crippen molar-refractivity contribution >= 4 is 5.91 Å². The standard InChI is InChI=1S/C18H25FN2O/c19-15-5-1-3-13(11-15)9-10-21(16-7-8-16)18(22)17-6-2-4-14(17)12-20/h1,3,5,11,14,16-17H,2,4,6-10,12,20H2/t14-,17-/m1/s1. The van der Waals surface area contributed by atoms with Gasteiger partial charge in [0.05, 0.1) is 0 Å². The average molecular weight is 304 g/mol. The third-order valence-electron chi connectivity index (χ3n) is 5.08. The number of carbonyl (C=O) groups is 1. The summed E-state index contributed by atoms with van der Waals surface area (Å²) in [5.74, 6) is 0.536. The molecule has 0 saturated heterocycles. The van der Waals surface area contributed by atoms with E-state index in [1.54, 1.807) is 12.1 Å². The highest BCUT2D eigenvalue weighted by molar-refractivity contribution is 5.80. The van der Waals surface area contributed by atoms with Crippen molar-refractivity contribution in [2.24, 2.45) is 17.6 Å². The maximum absolute atomic E-state index is 13.3. The molecule has 2 aliphatic rings. The first kappa shape index (κ1) is 15.5. The molecule has 2 N–H and O–H groups in total. The first-order chi connectivity index (χ1) is 10.7. The molecule has 1 amide bonds. The van der Waals surface area contributed by atoms with Gasteiger partial charge in [-0.1, -0.05) is 18.6 Å². The summed E-state index contributed by atoms with van der Waals surface area (Å²) in [4.78, 5) is 14.9. The summed E-state index contributed by atoms with van der Waals surface area (Å²) >= 11 is 0. The minimum atomic E-state index is -0.208. The molecule has 3 nitrogen and oxygen atoms in total. The van der Waals surface area contributed by atoms with Crippen LogP contribution >= 0.6 is 0 Å². The number of nitrogens with zero attached hydrogens (tertiary/aromatic N) is 1. The molecule has 2 aliphatic carbocycles. The van der Waals surface area contributed by atoms with Crippen LogP contribution < -0.4 is 5.73 Å². The Balaban J connectivity index is 1.64. The van der Waals surface area contributed by atoms with E-state index in [4.69, 9.17) is 5.73 Å². The molecule has 1 aromatic rings. The van der Waals surface area contributed by atoms with Gasteiger partial charge in [0.15, 0.2) is 0 Å². The third kappa shape index (κ3) is 3.49. The zero-order valence-corrected chi connectivity index (χ0v) is 13.0. The Labute approximate surface area is 131 Å². The van der Waals surface area contributed by atoms with Gasteiger partial charge in [0.1, 0.15) is 5.82 Å². The second-order valence-corrected chi connectivity index (χ2v) is 6.68. The van der Waals surface area contributed by atoms with Gasteiger partial charge in [-0.15, -0.1) is 0 Å². The Bertz CT molecular complexity index is 530. The highest BCUT2D eigenvalue weighted by atomic mass is 19.1. The van der Waals surface area contributed by atoms with Crippen LogP contribution in [0.4, 0.5) is 4.39 Å². The van der Waals surface area contributed by atoms with Crippen molar-refractivity contribution in [3.8, 4) is 0 Å². The molecule has 2 fully saturated rings. The Hall–Kier alpha value is -1.42. The topological polar surface area (TPSA) is 46.3 Å². The number of hydrogen-bond donors (Lipinski definition) is 1. The SMILES string of the molecule is NC[C@H]1CCC[C@H]1C(=O)N(CCc1cccc(F)c1)C1CC1. The minimum Gasteiger partial charge on any atom is -0.339 e. The van der Waals surface area contributed by atoms with E-state index in [0.717, 1.165) is 44.1 Å². The Morgan fingerprint density at radius 1 is 1.27 bits per heavy atom. The van der Waals surface area contributed by atoms with Crippen molar-refractivity contribution in [1.82, 2.24) is 4.90 Å². The van der Waals surface area contributed by atoms with Gasteiger partial charge in [0.25, 0.3) is 0 Å². The molecule has 120 valence electrons. The fourth-order valence-electron chi connectivity index (χ4n) is 3.66. The van der Waals surface area contributed by atoms with Crippen LogP contribution in [0.1, 0.15) is 37.7 Å². The summed E-state index contributed by atoms with van der Waals surface area (Å²) in [5, 5.41) is 0. The molecule has 22 heavy (non-hydrogen) atoms. The maximum atomic E-state index is 13.3. The van der Waals surface area contributed by atoms with E-state index in [1.807, 2.05) is 11.0 Å². The van der Waals surface area contributed by atoms with Crippen molar-refractivity contribution in [1.29, 1.82) is 0 Å². The fourth-order valence-corrected chi connectivity index (χ4v) is 3.66. The molecule has 2 atom stereocenters. The lowest BCUT2D eigenvalue weighted by molar-refractivity contribution is -0.137. The number of rotatable bonds is 6. The molecule has 2 saturated carbocycles. The van der Waals surface area contributed by atoms with Crippen molar-refractivity contribution in [2.45, 2.75) is 44.6 Å². The van der Waals surface area contributed by atoms with Crippen LogP contribution in [0.25, 0.3) is 0 Å². The van der Waals surface area contributed by atoms with E-state index in [1.165, 1.54) is 6.07 Å². The van der Waals surface area contributed by atoms with Gasteiger partial charge >= 0.3 is 0 Å². The maximum Gasteiger partial charge on any atom is 0.226 e. The Morgan fingerprint density at radius 3 is 2.77 bits per heavy atom. The summed E-state index contributed by atoms with van der Waals surface area (Å²) in [6, 6.07) is 7.08. The van der Waals surface area contributed by atoms with E-state index in [-0.39, 0.29) is 17.6 Å². The van der Waals surface area contributed by atoms with Gasteiger partial charge < -0.3 is 10.6 Å². The van der Waals surface area contributed by atoms with Crippen molar-refractivity contribution < 1.29 is 9.18 Å².